The third-order valence-corrected chi connectivity index (χ3v) is 7.62. The topological polar surface area (TPSA) is 175 Å². The zero-order valence-corrected chi connectivity index (χ0v) is 18.7. The van der Waals surface area contributed by atoms with E-state index < -0.39 is 82.1 Å². The highest BCUT2D eigenvalue weighted by atomic mass is 16.3. The first-order valence-corrected chi connectivity index (χ1v) is 10.7. The maximum atomic E-state index is 13.7. The van der Waals surface area contributed by atoms with Gasteiger partial charge in [0.15, 0.2) is 34.7 Å². The van der Waals surface area contributed by atoms with Gasteiger partial charge in [-0.15, -0.1) is 6.42 Å². The Balaban J connectivity index is 1.99. The highest BCUT2D eigenvalue weighted by molar-refractivity contribution is 6.32. The van der Waals surface area contributed by atoms with E-state index in [1.165, 1.54) is 31.1 Å². The fourth-order valence-electron chi connectivity index (χ4n) is 6.19. The predicted octanol–water partition coefficient (Wildman–Crippen LogP) is -1.62. The number of amides is 1. The van der Waals surface area contributed by atoms with Gasteiger partial charge >= 0.3 is 0 Å². The van der Waals surface area contributed by atoms with Crippen LogP contribution in [-0.2, 0) is 19.2 Å². The van der Waals surface area contributed by atoms with Crippen LogP contribution in [-0.4, -0.2) is 81.1 Å². The van der Waals surface area contributed by atoms with Crippen LogP contribution in [0.2, 0.25) is 0 Å². The van der Waals surface area contributed by atoms with Crippen LogP contribution >= 0.6 is 0 Å². The number of aliphatic hydroxyl groups excluding tert-OH is 1. The van der Waals surface area contributed by atoms with E-state index in [0.717, 1.165) is 0 Å². The second-order valence-electron chi connectivity index (χ2n) is 9.43. The number of nitrogens with two attached hydrogens (primary N) is 1. The SMILES string of the molecule is C#Cc1ccc(O)c2c1[C@@H](C)[C@H]1C(C2=O)C(=O)[C@@]2(O)C(=O)C(C(N)=O)C(=O)[C@H](N(C)C)[C@H]2[C@@H]1O. The number of carbonyl (C=O) groups excluding carboxylic acids is 5. The van der Waals surface area contributed by atoms with Crippen LogP contribution in [0.3, 0.4) is 0 Å². The van der Waals surface area contributed by atoms with Crippen molar-refractivity contribution in [3.8, 4) is 18.1 Å². The Hall–Kier alpha value is -3.39. The maximum Gasteiger partial charge on any atom is 0.235 e. The molecular formula is C24H24N2O8. The Bertz CT molecular complexity index is 1210. The van der Waals surface area contributed by atoms with Gasteiger partial charge in [-0.3, -0.25) is 28.9 Å². The number of nitrogens with zero attached hydrogens (tertiary/aromatic N) is 1. The van der Waals surface area contributed by atoms with Crippen LogP contribution in [0.25, 0.3) is 0 Å². The molecule has 2 saturated carbocycles. The third-order valence-electron chi connectivity index (χ3n) is 7.62. The van der Waals surface area contributed by atoms with Gasteiger partial charge < -0.3 is 21.1 Å². The molecule has 8 atom stereocenters. The molecule has 0 heterocycles. The van der Waals surface area contributed by atoms with E-state index in [4.69, 9.17) is 12.2 Å². The van der Waals surface area contributed by atoms with Crippen molar-refractivity contribution < 1.29 is 39.3 Å². The summed E-state index contributed by atoms with van der Waals surface area (Å²) in [5.41, 5.74) is 2.56. The molecule has 34 heavy (non-hydrogen) atoms. The van der Waals surface area contributed by atoms with Gasteiger partial charge in [0, 0.05) is 11.5 Å². The lowest BCUT2D eigenvalue weighted by Gasteiger charge is -2.56. The van der Waals surface area contributed by atoms with Crippen molar-refractivity contribution in [1.82, 2.24) is 4.90 Å². The Morgan fingerprint density at radius 1 is 1.18 bits per heavy atom. The summed E-state index contributed by atoms with van der Waals surface area (Å²) < 4.78 is 0. The molecule has 1 amide bonds. The van der Waals surface area contributed by atoms with Gasteiger partial charge in [-0.05, 0) is 37.7 Å². The Morgan fingerprint density at radius 3 is 2.32 bits per heavy atom. The van der Waals surface area contributed by atoms with E-state index in [0.29, 0.717) is 0 Å². The second kappa shape index (κ2) is 7.56. The van der Waals surface area contributed by atoms with Gasteiger partial charge in [0.05, 0.1) is 29.5 Å². The van der Waals surface area contributed by atoms with Crippen LogP contribution in [0, 0.1) is 36.0 Å². The van der Waals surface area contributed by atoms with Crippen molar-refractivity contribution in [2.75, 3.05) is 14.1 Å². The van der Waals surface area contributed by atoms with E-state index in [1.807, 2.05) is 0 Å². The first-order valence-electron chi connectivity index (χ1n) is 10.7. The van der Waals surface area contributed by atoms with E-state index in [-0.39, 0.29) is 16.7 Å². The molecule has 1 aromatic carbocycles. The van der Waals surface area contributed by atoms with Crippen LogP contribution in [0.15, 0.2) is 12.1 Å². The largest absolute Gasteiger partial charge is 0.507 e. The number of primary amides is 1. The van der Waals surface area contributed by atoms with Crippen molar-refractivity contribution in [3.63, 3.8) is 0 Å². The van der Waals surface area contributed by atoms with Crippen molar-refractivity contribution >= 4 is 29.0 Å². The summed E-state index contributed by atoms with van der Waals surface area (Å²) in [6.45, 7) is 1.60. The summed E-state index contributed by atoms with van der Waals surface area (Å²) >= 11 is 0. The van der Waals surface area contributed by atoms with Crippen LogP contribution < -0.4 is 5.73 Å². The number of ketones is 4. The number of Topliss-reactive ketones (excluding diaryl/α,β-unsaturated/α-hetero) is 4. The summed E-state index contributed by atoms with van der Waals surface area (Å²) in [6.07, 6.45) is 3.89. The summed E-state index contributed by atoms with van der Waals surface area (Å²) in [5.74, 6) is -11.3. The molecule has 3 aliphatic rings. The number of aromatic hydroxyl groups is 1. The molecule has 2 fully saturated rings. The highest BCUT2D eigenvalue weighted by Crippen LogP contribution is 2.54. The summed E-state index contributed by atoms with van der Waals surface area (Å²) in [7, 11) is 2.86. The van der Waals surface area contributed by atoms with Gasteiger partial charge in [0.25, 0.3) is 0 Å². The average Bonchev–Trinajstić information content (AvgIpc) is 2.75. The third kappa shape index (κ3) is 2.72. The first-order chi connectivity index (χ1) is 15.8. The van der Waals surface area contributed by atoms with E-state index in [2.05, 4.69) is 5.92 Å². The zero-order chi connectivity index (χ0) is 25.4. The minimum absolute atomic E-state index is 0.221. The molecular weight excluding hydrogens is 444 g/mol. The van der Waals surface area contributed by atoms with Crippen molar-refractivity contribution in [2.24, 2.45) is 29.4 Å². The smallest absolute Gasteiger partial charge is 0.235 e. The number of hydrogen-bond donors (Lipinski definition) is 4. The molecule has 1 aromatic rings. The minimum atomic E-state index is -3.02. The molecule has 4 rings (SSSR count). The monoisotopic (exact) mass is 468 g/mol. The lowest BCUT2D eigenvalue weighted by molar-refractivity contribution is -0.196. The number of hydrogen-bond acceptors (Lipinski definition) is 9. The highest BCUT2D eigenvalue weighted by Gasteiger charge is 2.72. The lowest BCUT2D eigenvalue weighted by atomic mass is 9.49. The molecule has 3 aliphatic carbocycles. The van der Waals surface area contributed by atoms with Gasteiger partial charge in [-0.25, -0.2) is 0 Å². The maximum absolute atomic E-state index is 13.7. The molecule has 0 spiro atoms. The summed E-state index contributed by atoms with van der Waals surface area (Å²) in [5, 5.41) is 33.4. The average molecular weight is 468 g/mol. The molecule has 0 radical (unpaired) electrons. The molecule has 0 aliphatic heterocycles. The molecule has 10 heteroatoms. The zero-order valence-electron chi connectivity index (χ0n) is 18.7. The number of carbonyl (C=O) groups is 5. The number of fused-ring (bicyclic) bond motifs is 3. The molecule has 178 valence electrons. The number of benzene rings is 1. The molecule has 2 unspecified atom stereocenters. The van der Waals surface area contributed by atoms with E-state index >= 15 is 0 Å². The molecule has 5 N–H and O–H groups in total. The molecule has 10 nitrogen and oxygen atoms in total. The van der Waals surface area contributed by atoms with E-state index in [1.54, 1.807) is 6.92 Å². The number of phenols is 1. The Morgan fingerprint density at radius 2 is 1.79 bits per heavy atom. The minimum Gasteiger partial charge on any atom is -0.507 e. The number of aliphatic hydroxyl groups is 2. The molecule has 0 bridgehead atoms. The van der Waals surface area contributed by atoms with Gasteiger partial charge in [-0.1, -0.05) is 12.8 Å². The van der Waals surface area contributed by atoms with E-state index in [9.17, 15) is 39.3 Å². The fourth-order valence-corrected chi connectivity index (χ4v) is 6.19. The standard InChI is InChI=1S/C24H24N2O8/c1-5-9-6-7-10(27)13-11(9)8(2)12-14(18(13)28)21(31)24(34)16(19(12)29)17(26(3)4)20(30)15(22(24)32)23(25)33/h1,6-8,12,14-17,19,27,29,34H,2-4H3,(H2,25,33)/t8-,12+,14?,15?,16+,17-,19-,24-/m1/s1. The Kier molecular flexibility index (Phi) is 5.28. The predicted molar refractivity (Wildman–Crippen MR) is 115 cm³/mol. The van der Waals surface area contributed by atoms with Crippen LogP contribution in [0.5, 0.6) is 5.75 Å². The van der Waals surface area contributed by atoms with Crippen molar-refractivity contribution in [2.45, 2.75) is 30.6 Å². The van der Waals surface area contributed by atoms with Crippen molar-refractivity contribution in [1.29, 1.82) is 0 Å². The molecule has 0 saturated heterocycles. The summed E-state index contributed by atoms with van der Waals surface area (Å²) in [6, 6.07) is 1.22. The molecule has 0 aromatic heterocycles. The number of rotatable bonds is 2. The van der Waals surface area contributed by atoms with Crippen LogP contribution in [0.1, 0.15) is 34.3 Å². The second-order valence-corrected chi connectivity index (χ2v) is 9.43. The van der Waals surface area contributed by atoms with Gasteiger partial charge in [0.1, 0.15) is 5.75 Å². The van der Waals surface area contributed by atoms with Gasteiger partial charge in [0.2, 0.25) is 5.91 Å². The van der Waals surface area contributed by atoms with Crippen LogP contribution in [0.4, 0.5) is 0 Å². The number of likely N-dealkylation sites (N-methyl/N-ethyl adjacent to an activating group) is 1. The normalized spacial score (nSPS) is 37.0. The summed E-state index contributed by atoms with van der Waals surface area (Å²) in [4.78, 5) is 66.8. The first kappa shape index (κ1) is 23.8. The van der Waals surface area contributed by atoms with Crippen molar-refractivity contribution in [3.05, 3.63) is 28.8 Å². The number of phenolic OH excluding ortho intramolecular Hbond substituents is 1. The van der Waals surface area contributed by atoms with Gasteiger partial charge in [-0.2, -0.15) is 0 Å². The number of terminal acetylenes is 1. The quantitative estimate of drug-likeness (QED) is 0.294. The Labute approximate surface area is 194 Å². The lowest BCUT2D eigenvalue weighted by Crippen LogP contribution is -2.77. The fraction of sp³-hybridized carbons (Fsp3) is 0.458.